The molecule has 0 nitrogen and oxygen atoms in total. The van der Waals surface area contributed by atoms with Crippen LogP contribution in [-0.4, -0.2) is 8.07 Å². The molecule has 0 heterocycles. The molecule has 2 aliphatic carbocycles. The summed E-state index contributed by atoms with van der Waals surface area (Å²) in [5.41, 5.74) is 3.45. The van der Waals surface area contributed by atoms with E-state index in [0.29, 0.717) is 11.8 Å². The van der Waals surface area contributed by atoms with E-state index in [1.807, 2.05) is 0 Å². The summed E-state index contributed by atoms with van der Waals surface area (Å²) in [6.07, 6.45) is 15.1. The maximum atomic E-state index is 3.92. The van der Waals surface area contributed by atoms with E-state index < -0.39 is 8.07 Å². The minimum Gasteiger partial charge on any atom is -1.00 e. The average Bonchev–Trinajstić information content (AvgIpc) is 3.10. The number of hydrogen-bond acceptors (Lipinski definition) is 0. The summed E-state index contributed by atoms with van der Waals surface area (Å²) in [5, 5.41) is 3.09. The summed E-state index contributed by atoms with van der Waals surface area (Å²) in [5.74, 6) is 0.976. The SMILES string of the molecule is CCC1[C-]=C([Si](C)(C)C2=[C-]C(CC)C=C2C(C)(C)C)C(C(C)(C)C)=C1.[Cl-].[Cl-].[Zr+4]. The predicted octanol–water partition coefficient (Wildman–Crippen LogP) is 1.26. The van der Waals surface area contributed by atoms with Gasteiger partial charge in [-0.05, 0) is 0 Å². The van der Waals surface area contributed by atoms with E-state index in [9.17, 15) is 0 Å². The number of rotatable bonds is 4. The summed E-state index contributed by atoms with van der Waals surface area (Å²) in [7, 11) is -1.82. The van der Waals surface area contributed by atoms with E-state index in [2.05, 4.69) is 92.8 Å². The largest absolute Gasteiger partial charge is 4.00 e. The topological polar surface area (TPSA) is 0 Å². The number of allylic oxidation sites excluding steroid dienone is 8. The van der Waals surface area contributed by atoms with Crippen molar-refractivity contribution >= 4 is 8.07 Å². The van der Waals surface area contributed by atoms with Gasteiger partial charge in [-0.3, -0.25) is 12.2 Å². The van der Waals surface area contributed by atoms with Crippen LogP contribution in [-0.2, 0) is 26.2 Å². The van der Waals surface area contributed by atoms with E-state index in [0.717, 1.165) is 12.8 Å². The summed E-state index contributed by atoms with van der Waals surface area (Å²) in [6.45, 7) is 23.7. The quantitative estimate of drug-likeness (QED) is 0.390. The Hall–Kier alpha value is 0.640. The van der Waals surface area contributed by atoms with Crippen molar-refractivity contribution in [2.24, 2.45) is 22.7 Å². The summed E-state index contributed by atoms with van der Waals surface area (Å²) in [6, 6.07) is 0. The first kappa shape index (κ1) is 30.8. The van der Waals surface area contributed by atoms with Crippen molar-refractivity contribution in [1.82, 2.24) is 0 Å². The van der Waals surface area contributed by atoms with Crippen LogP contribution in [0.25, 0.3) is 0 Å². The van der Waals surface area contributed by atoms with Gasteiger partial charge in [-0.25, -0.2) is 10.4 Å². The van der Waals surface area contributed by atoms with Crippen molar-refractivity contribution in [1.29, 1.82) is 0 Å². The van der Waals surface area contributed by atoms with Gasteiger partial charge in [0.25, 0.3) is 0 Å². The normalized spacial score (nSPS) is 22.2. The Morgan fingerprint density at radius 1 is 0.750 bits per heavy atom. The van der Waals surface area contributed by atoms with Gasteiger partial charge in [0.1, 0.15) is 0 Å². The molecular formula is C24H38Cl2SiZr. The van der Waals surface area contributed by atoms with Crippen LogP contribution in [0.1, 0.15) is 68.2 Å². The molecule has 0 aromatic carbocycles. The molecule has 156 valence electrons. The second kappa shape index (κ2) is 10.8. The van der Waals surface area contributed by atoms with E-state index >= 15 is 0 Å². The Balaban J connectivity index is 0. The van der Waals surface area contributed by atoms with Gasteiger partial charge < -0.3 is 24.8 Å². The van der Waals surface area contributed by atoms with Gasteiger partial charge in [-0.15, -0.1) is 0 Å². The fourth-order valence-corrected chi connectivity index (χ4v) is 7.63. The van der Waals surface area contributed by atoms with Crippen molar-refractivity contribution in [3.05, 3.63) is 45.8 Å². The fraction of sp³-hybridized carbons (Fsp3) is 0.667. The molecule has 0 spiro atoms. The van der Waals surface area contributed by atoms with Crippen LogP contribution >= 0.6 is 0 Å². The average molecular weight is 517 g/mol. The summed E-state index contributed by atoms with van der Waals surface area (Å²) < 4.78 is 0. The molecule has 28 heavy (non-hydrogen) atoms. The van der Waals surface area contributed by atoms with Gasteiger partial charge >= 0.3 is 26.2 Å². The molecular weight excluding hydrogens is 478 g/mol. The Labute approximate surface area is 207 Å². The van der Waals surface area contributed by atoms with Gasteiger partial charge in [0.15, 0.2) is 0 Å². The maximum absolute atomic E-state index is 3.92. The molecule has 0 aliphatic heterocycles. The summed E-state index contributed by atoms with van der Waals surface area (Å²) in [4.78, 5) is 0. The smallest absolute Gasteiger partial charge is 1.00 e. The number of hydrogen-bond donors (Lipinski definition) is 0. The molecule has 0 saturated carbocycles. The van der Waals surface area contributed by atoms with Crippen molar-refractivity contribution < 1.29 is 51.0 Å². The Morgan fingerprint density at radius 3 is 1.25 bits per heavy atom. The standard InChI is InChI=1S/C24H38Si.2ClH.Zr/c1-11-17-13-19(23(3,4)5)21(15-17)25(9,10)22-16-18(12-2)14-20(22)24(6,7)8;;;/h13-14,17-18H,11-12H2,1-10H3;2*1H;/q-2;;;+4/p-2. The van der Waals surface area contributed by atoms with E-state index in [1.54, 1.807) is 21.5 Å². The first-order valence-electron chi connectivity index (χ1n) is 10.1. The molecule has 0 radical (unpaired) electrons. The predicted molar refractivity (Wildman–Crippen MR) is 114 cm³/mol. The minimum atomic E-state index is -1.82. The third kappa shape index (κ3) is 6.32. The zero-order chi connectivity index (χ0) is 19.2. The Morgan fingerprint density at radius 2 is 1.04 bits per heavy atom. The van der Waals surface area contributed by atoms with Crippen molar-refractivity contribution in [3.63, 3.8) is 0 Å². The van der Waals surface area contributed by atoms with E-state index in [-0.39, 0.29) is 61.8 Å². The molecule has 0 aromatic heterocycles. The molecule has 0 aromatic rings. The first-order chi connectivity index (χ1) is 11.3. The molecule has 0 amide bonds. The summed E-state index contributed by atoms with van der Waals surface area (Å²) >= 11 is 0. The molecule has 0 saturated heterocycles. The van der Waals surface area contributed by atoms with Crippen LogP contribution in [0.15, 0.2) is 33.7 Å². The third-order valence-corrected chi connectivity index (χ3v) is 9.01. The second-order valence-electron chi connectivity index (χ2n) is 10.4. The second-order valence-corrected chi connectivity index (χ2v) is 14.6. The molecule has 2 aliphatic rings. The van der Waals surface area contributed by atoms with Gasteiger partial charge in [-0.2, -0.15) is 23.3 Å². The monoisotopic (exact) mass is 514 g/mol. The van der Waals surface area contributed by atoms with Crippen LogP contribution in [0.5, 0.6) is 0 Å². The zero-order valence-electron chi connectivity index (χ0n) is 19.5. The van der Waals surface area contributed by atoms with Crippen LogP contribution in [0.4, 0.5) is 0 Å². The molecule has 0 fully saturated rings. The van der Waals surface area contributed by atoms with Gasteiger partial charge in [0.05, 0.1) is 0 Å². The van der Waals surface area contributed by atoms with E-state index in [4.69, 9.17) is 0 Å². The van der Waals surface area contributed by atoms with Gasteiger partial charge in [0.2, 0.25) is 0 Å². The van der Waals surface area contributed by atoms with Crippen LogP contribution in [0.3, 0.4) is 0 Å². The molecule has 2 rings (SSSR count). The minimum absolute atomic E-state index is 0. The number of halogens is 2. The van der Waals surface area contributed by atoms with Crippen LogP contribution in [0, 0.1) is 34.8 Å². The Bertz CT molecular complexity index is 599. The Kier molecular flexibility index (Phi) is 11.9. The third-order valence-electron chi connectivity index (χ3n) is 5.68. The van der Waals surface area contributed by atoms with E-state index in [1.165, 1.54) is 0 Å². The van der Waals surface area contributed by atoms with Crippen molar-refractivity contribution in [2.75, 3.05) is 0 Å². The van der Waals surface area contributed by atoms with Crippen LogP contribution in [0.2, 0.25) is 13.1 Å². The molecule has 4 heteroatoms. The fourth-order valence-electron chi connectivity index (χ4n) is 4.03. The molecule has 2 atom stereocenters. The van der Waals surface area contributed by atoms with Crippen molar-refractivity contribution in [3.8, 4) is 0 Å². The zero-order valence-corrected chi connectivity index (χ0v) is 24.4. The van der Waals surface area contributed by atoms with Crippen molar-refractivity contribution in [2.45, 2.75) is 81.3 Å². The van der Waals surface area contributed by atoms with Gasteiger partial charge in [0, 0.05) is 8.07 Å². The molecule has 0 N–H and O–H groups in total. The maximum Gasteiger partial charge on any atom is 4.00 e. The molecule has 2 unspecified atom stereocenters. The van der Waals surface area contributed by atoms with Crippen LogP contribution < -0.4 is 24.8 Å². The first-order valence-corrected chi connectivity index (χ1v) is 13.1. The molecule has 0 bridgehead atoms. The van der Waals surface area contributed by atoms with Gasteiger partial charge in [-0.1, -0.05) is 104 Å².